The van der Waals surface area contributed by atoms with Crippen LogP contribution in [0.2, 0.25) is 0 Å². The lowest BCUT2D eigenvalue weighted by molar-refractivity contribution is 0.127. The van der Waals surface area contributed by atoms with Gasteiger partial charge >= 0.3 is 0 Å². The molecule has 0 bridgehead atoms. The van der Waals surface area contributed by atoms with Crippen molar-refractivity contribution in [3.8, 4) is 0 Å². The van der Waals surface area contributed by atoms with Gasteiger partial charge in [-0.15, -0.1) is 0 Å². The fraction of sp³-hybridized carbons (Fsp3) is 0.571. The van der Waals surface area contributed by atoms with Crippen molar-refractivity contribution >= 4 is 5.69 Å². The highest BCUT2D eigenvalue weighted by molar-refractivity contribution is 5.47. The van der Waals surface area contributed by atoms with Crippen LogP contribution in [0.5, 0.6) is 0 Å². The molecule has 0 aliphatic rings. The van der Waals surface area contributed by atoms with Gasteiger partial charge in [0.2, 0.25) is 0 Å². The van der Waals surface area contributed by atoms with E-state index in [-0.39, 0.29) is 17.8 Å². The van der Waals surface area contributed by atoms with E-state index in [0.29, 0.717) is 17.8 Å². The third kappa shape index (κ3) is 3.19. The second-order valence-corrected chi connectivity index (χ2v) is 4.66. The Morgan fingerprint density at radius 3 is 2.47 bits per heavy atom. The van der Waals surface area contributed by atoms with Crippen molar-refractivity contribution in [2.75, 3.05) is 18.5 Å². The van der Waals surface area contributed by atoms with E-state index in [1.807, 2.05) is 19.9 Å². The molecule has 1 rings (SSSR count). The van der Waals surface area contributed by atoms with Crippen molar-refractivity contribution in [3.63, 3.8) is 0 Å². The van der Waals surface area contributed by atoms with E-state index in [2.05, 4.69) is 5.32 Å². The van der Waals surface area contributed by atoms with Crippen LogP contribution >= 0.6 is 0 Å². The summed E-state index contributed by atoms with van der Waals surface area (Å²) < 4.78 is 13.8. The van der Waals surface area contributed by atoms with Crippen molar-refractivity contribution < 1.29 is 9.50 Å². The van der Waals surface area contributed by atoms with Crippen LogP contribution in [0.4, 0.5) is 10.1 Å². The molecular weight excluding hydrogens is 217 g/mol. The summed E-state index contributed by atoms with van der Waals surface area (Å²) in [6.45, 7) is 6.57. The minimum atomic E-state index is -0.202. The van der Waals surface area contributed by atoms with Crippen molar-refractivity contribution in [2.45, 2.75) is 33.6 Å². The van der Waals surface area contributed by atoms with Gasteiger partial charge in [-0.05, 0) is 31.4 Å². The molecule has 0 unspecified atom stereocenters. The smallest absolute Gasteiger partial charge is 0.149 e. The Balaban J connectivity index is 2.75. The summed E-state index contributed by atoms with van der Waals surface area (Å²) in [5.74, 6) is -0.202. The highest BCUT2D eigenvalue weighted by Crippen LogP contribution is 2.27. The minimum Gasteiger partial charge on any atom is -0.396 e. The summed E-state index contributed by atoms with van der Waals surface area (Å²) in [5, 5.41) is 12.6. The molecule has 0 spiro atoms. The Kier molecular flexibility index (Phi) is 4.94. The molecule has 0 saturated carbocycles. The number of benzene rings is 1. The molecule has 0 heterocycles. The lowest BCUT2D eigenvalue weighted by Crippen LogP contribution is -2.32. The largest absolute Gasteiger partial charge is 0.396 e. The molecule has 1 aromatic rings. The summed E-state index contributed by atoms with van der Waals surface area (Å²) in [6.07, 6.45) is 1.75. The lowest BCUT2D eigenvalue weighted by Gasteiger charge is -2.30. The summed E-state index contributed by atoms with van der Waals surface area (Å²) in [4.78, 5) is 0. The van der Waals surface area contributed by atoms with E-state index in [1.165, 1.54) is 0 Å². The number of rotatable bonds is 6. The molecule has 1 aromatic carbocycles. The number of aliphatic hydroxyl groups excluding tert-OH is 1. The van der Waals surface area contributed by atoms with Gasteiger partial charge in [0, 0.05) is 12.0 Å². The highest BCUT2D eigenvalue weighted by atomic mass is 19.1. The minimum absolute atomic E-state index is 0.125. The topological polar surface area (TPSA) is 32.3 Å². The van der Waals surface area contributed by atoms with E-state index in [1.54, 1.807) is 19.1 Å². The first-order valence-corrected chi connectivity index (χ1v) is 6.18. The lowest BCUT2D eigenvalue weighted by atomic mass is 9.83. The molecule has 0 fully saturated rings. The van der Waals surface area contributed by atoms with Crippen LogP contribution < -0.4 is 5.32 Å². The van der Waals surface area contributed by atoms with Crippen LogP contribution in [0.1, 0.15) is 32.3 Å². The van der Waals surface area contributed by atoms with Crippen LogP contribution in [0.25, 0.3) is 0 Å². The molecule has 0 atom stereocenters. The fourth-order valence-corrected chi connectivity index (χ4v) is 1.85. The number of aliphatic hydroxyl groups is 1. The zero-order valence-electron chi connectivity index (χ0n) is 10.9. The normalized spacial score (nSPS) is 11.6. The average Bonchev–Trinajstić information content (AvgIpc) is 2.36. The Labute approximate surface area is 103 Å². The van der Waals surface area contributed by atoms with Gasteiger partial charge in [-0.25, -0.2) is 4.39 Å². The van der Waals surface area contributed by atoms with Crippen molar-refractivity contribution in [2.24, 2.45) is 5.41 Å². The van der Waals surface area contributed by atoms with Gasteiger partial charge in [0.05, 0.1) is 12.3 Å². The quantitative estimate of drug-likeness (QED) is 0.798. The van der Waals surface area contributed by atoms with Crippen molar-refractivity contribution in [3.05, 3.63) is 29.6 Å². The van der Waals surface area contributed by atoms with Crippen LogP contribution in [0, 0.1) is 18.2 Å². The number of anilines is 1. The number of nitrogens with one attached hydrogen (secondary N) is 1. The molecule has 0 amide bonds. The van der Waals surface area contributed by atoms with E-state index >= 15 is 0 Å². The standard InChI is InChI=1S/C14H22FNO/c1-4-14(5-2,10-17)9-16-12-8-6-7-11(3)13(12)15/h6-8,16-17H,4-5,9-10H2,1-3H3. The summed E-state index contributed by atoms with van der Waals surface area (Å²) in [7, 11) is 0. The number of hydrogen-bond donors (Lipinski definition) is 2. The first kappa shape index (κ1) is 14.0. The van der Waals surface area contributed by atoms with Crippen molar-refractivity contribution in [1.29, 1.82) is 0 Å². The second-order valence-electron chi connectivity index (χ2n) is 4.66. The molecular formula is C14H22FNO. The molecule has 0 saturated heterocycles. The Hall–Kier alpha value is -1.09. The van der Waals surface area contributed by atoms with E-state index in [9.17, 15) is 9.50 Å². The molecule has 2 N–H and O–H groups in total. The molecule has 0 aliphatic carbocycles. The zero-order chi connectivity index (χ0) is 12.9. The van der Waals surface area contributed by atoms with Crippen LogP contribution in [-0.2, 0) is 0 Å². The predicted molar refractivity (Wildman–Crippen MR) is 69.7 cm³/mol. The monoisotopic (exact) mass is 239 g/mol. The maximum Gasteiger partial charge on any atom is 0.149 e. The van der Waals surface area contributed by atoms with Gasteiger partial charge < -0.3 is 10.4 Å². The third-order valence-electron chi connectivity index (χ3n) is 3.68. The Morgan fingerprint density at radius 1 is 1.29 bits per heavy atom. The van der Waals surface area contributed by atoms with Crippen LogP contribution in [0.15, 0.2) is 18.2 Å². The van der Waals surface area contributed by atoms with Gasteiger partial charge in [0.15, 0.2) is 0 Å². The summed E-state index contributed by atoms with van der Waals surface area (Å²) in [5.41, 5.74) is 0.998. The zero-order valence-corrected chi connectivity index (χ0v) is 10.9. The van der Waals surface area contributed by atoms with Crippen LogP contribution in [0.3, 0.4) is 0 Å². The second kappa shape index (κ2) is 6.01. The van der Waals surface area contributed by atoms with Gasteiger partial charge in [-0.3, -0.25) is 0 Å². The van der Waals surface area contributed by atoms with E-state index in [4.69, 9.17) is 0 Å². The molecule has 2 nitrogen and oxygen atoms in total. The fourth-order valence-electron chi connectivity index (χ4n) is 1.85. The molecule has 3 heteroatoms. The molecule has 96 valence electrons. The van der Waals surface area contributed by atoms with Gasteiger partial charge in [-0.2, -0.15) is 0 Å². The summed E-state index contributed by atoms with van der Waals surface area (Å²) in [6, 6.07) is 5.31. The SMILES string of the molecule is CCC(CC)(CO)CNc1cccc(C)c1F. The molecule has 0 aliphatic heterocycles. The van der Waals surface area contributed by atoms with Gasteiger partial charge in [0.25, 0.3) is 0 Å². The average molecular weight is 239 g/mol. The molecule has 0 radical (unpaired) electrons. The van der Waals surface area contributed by atoms with Gasteiger partial charge in [-0.1, -0.05) is 26.0 Å². The first-order chi connectivity index (χ1) is 8.08. The molecule has 17 heavy (non-hydrogen) atoms. The van der Waals surface area contributed by atoms with Gasteiger partial charge in [0.1, 0.15) is 5.82 Å². The van der Waals surface area contributed by atoms with Crippen LogP contribution in [-0.4, -0.2) is 18.3 Å². The first-order valence-electron chi connectivity index (χ1n) is 6.18. The third-order valence-corrected chi connectivity index (χ3v) is 3.68. The maximum atomic E-state index is 13.8. The highest BCUT2D eigenvalue weighted by Gasteiger charge is 2.25. The van der Waals surface area contributed by atoms with Crippen molar-refractivity contribution in [1.82, 2.24) is 0 Å². The Bertz CT molecular complexity index is 353. The predicted octanol–water partition coefficient (Wildman–Crippen LogP) is 3.34. The number of halogens is 1. The maximum absolute atomic E-state index is 13.8. The number of aryl methyl sites for hydroxylation is 1. The summed E-state index contributed by atoms with van der Waals surface area (Å²) >= 11 is 0. The van der Waals surface area contributed by atoms with E-state index < -0.39 is 0 Å². The number of hydrogen-bond acceptors (Lipinski definition) is 2. The Morgan fingerprint density at radius 2 is 1.94 bits per heavy atom. The van der Waals surface area contributed by atoms with E-state index in [0.717, 1.165) is 12.8 Å². The molecule has 0 aromatic heterocycles.